The summed E-state index contributed by atoms with van der Waals surface area (Å²) in [5.74, 6) is -1.64. The summed E-state index contributed by atoms with van der Waals surface area (Å²) in [7, 11) is 0. The summed E-state index contributed by atoms with van der Waals surface area (Å²) < 4.78 is 0. The summed E-state index contributed by atoms with van der Waals surface area (Å²) in [5.41, 5.74) is 0.457. The van der Waals surface area contributed by atoms with E-state index in [1.165, 1.54) is 0 Å². The van der Waals surface area contributed by atoms with Crippen LogP contribution in [0.15, 0.2) is 12.1 Å². The maximum absolute atomic E-state index is 12.2. The van der Waals surface area contributed by atoms with Gasteiger partial charge in [0.2, 0.25) is 5.54 Å². The Balaban J connectivity index is 3.50. The second kappa shape index (κ2) is 10.0. The van der Waals surface area contributed by atoms with Crippen molar-refractivity contribution in [2.24, 2.45) is 5.92 Å². The van der Waals surface area contributed by atoms with Crippen molar-refractivity contribution in [2.75, 3.05) is 0 Å². The molecule has 0 heterocycles. The molecule has 0 spiro atoms. The maximum atomic E-state index is 12.2. The zero-order valence-electron chi connectivity index (χ0n) is 20.5. The molecule has 0 aliphatic rings. The van der Waals surface area contributed by atoms with Crippen molar-refractivity contribution in [3.8, 4) is 5.75 Å². The third kappa shape index (κ3) is 6.68. The van der Waals surface area contributed by atoms with Crippen molar-refractivity contribution >= 4 is 5.97 Å². The molecule has 1 unspecified atom stereocenters. The Morgan fingerprint density at radius 3 is 1.71 bits per heavy atom. The minimum atomic E-state index is -1.22. The van der Waals surface area contributed by atoms with Crippen molar-refractivity contribution < 1.29 is 19.9 Å². The molecule has 2 N–H and O–H groups in total. The van der Waals surface area contributed by atoms with Crippen LogP contribution < -0.4 is 0 Å². The Morgan fingerprint density at radius 1 is 1.00 bits per heavy atom. The first kappa shape index (κ1) is 26.9. The lowest BCUT2D eigenvalue weighted by atomic mass is 9.76. The van der Waals surface area contributed by atoms with Crippen molar-refractivity contribution in [1.29, 1.82) is 0 Å². The van der Waals surface area contributed by atoms with E-state index in [4.69, 9.17) is 0 Å². The summed E-state index contributed by atoms with van der Waals surface area (Å²) >= 11 is 0. The number of nitro groups is 1. The van der Waals surface area contributed by atoms with Crippen LogP contribution in [0.3, 0.4) is 0 Å². The van der Waals surface area contributed by atoms with Crippen LogP contribution in [0.5, 0.6) is 5.75 Å². The number of aromatic hydroxyl groups is 1. The van der Waals surface area contributed by atoms with E-state index in [0.717, 1.165) is 16.7 Å². The van der Waals surface area contributed by atoms with Crippen molar-refractivity contribution in [3.05, 3.63) is 38.9 Å². The molecular formula is C25H41NO5. The van der Waals surface area contributed by atoms with E-state index >= 15 is 0 Å². The molecule has 0 aliphatic carbocycles. The molecule has 0 aliphatic heterocycles. The first-order valence-electron chi connectivity index (χ1n) is 11.3. The van der Waals surface area contributed by atoms with Crippen LogP contribution >= 0.6 is 0 Å². The van der Waals surface area contributed by atoms with Gasteiger partial charge in [0.15, 0.2) is 0 Å². The highest BCUT2D eigenvalue weighted by atomic mass is 16.6. The molecule has 0 bridgehead atoms. The molecule has 1 aromatic rings. The molecule has 1 atom stereocenters. The van der Waals surface area contributed by atoms with Crippen LogP contribution in [0.25, 0.3) is 0 Å². The van der Waals surface area contributed by atoms with Crippen molar-refractivity contribution in [1.82, 2.24) is 0 Å². The van der Waals surface area contributed by atoms with Crippen LogP contribution in [-0.2, 0) is 22.0 Å². The lowest BCUT2D eigenvalue weighted by molar-refractivity contribution is -0.575. The van der Waals surface area contributed by atoms with Gasteiger partial charge in [-0.25, -0.2) is 0 Å². The Morgan fingerprint density at radius 2 is 1.42 bits per heavy atom. The molecule has 6 heteroatoms. The largest absolute Gasteiger partial charge is 0.507 e. The Bertz CT molecular complexity index is 745. The van der Waals surface area contributed by atoms with Gasteiger partial charge in [-0.1, -0.05) is 67.5 Å². The molecule has 0 radical (unpaired) electrons. The normalized spacial score (nSPS) is 13.8. The number of carboxylic acids is 1. The van der Waals surface area contributed by atoms with E-state index in [1.807, 2.05) is 67.5 Å². The fourth-order valence-electron chi connectivity index (χ4n) is 4.46. The Labute approximate surface area is 187 Å². The van der Waals surface area contributed by atoms with Gasteiger partial charge in [-0.05, 0) is 46.8 Å². The number of carboxylic acid groups (broad SMARTS) is 1. The molecule has 1 rings (SSSR count). The third-order valence-corrected chi connectivity index (χ3v) is 6.06. The number of nitrogens with zero attached hydrogens (tertiary/aromatic N) is 1. The van der Waals surface area contributed by atoms with E-state index < -0.39 is 17.4 Å². The number of hydrogen-bond donors (Lipinski definition) is 2. The van der Waals surface area contributed by atoms with Gasteiger partial charge in [-0.3, -0.25) is 14.9 Å². The third-order valence-electron chi connectivity index (χ3n) is 6.06. The van der Waals surface area contributed by atoms with Gasteiger partial charge in [0.25, 0.3) is 0 Å². The fraction of sp³-hybridized carbons (Fsp3) is 0.720. The van der Waals surface area contributed by atoms with Gasteiger partial charge < -0.3 is 10.2 Å². The van der Waals surface area contributed by atoms with Crippen molar-refractivity contribution in [2.45, 2.75) is 110 Å². The summed E-state index contributed by atoms with van der Waals surface area (Å²) in [4.78, 5) is 23.9. The number of benzene rings is 1. The lowest BCUT2D eigenvalue weighted by Crippen LogP contribution is -2.42. The van der Waals surface area contributed by atoms with Crippen LogP contribution in [0.2, 0.25) is 0 Å². The summed E-state index contributed by atoms with van der Waals surface area (Å²) in [6, 6.07) is 3.74. The van der Waals surface area contributed by atoms with Crippen LogP contribution in [-0.4, -0.2) is 26.6 Å². The molecular weight excluding hydrogens is 394 g/mol. The van der Waals surface area contributed by atoms with E-state index in [1.54, 1.807) is 0 Å². The van der Waals surface area contributed by atoms with Gasteiger partial charge in [0, 0.05) is 24.2 Å². The number of hydrogen-bond acceptors (Lipinski definition) is 4. The van der Waals surface area contributed by atoms with Gasteiger partial charge >= 0.3 is 5.97 Å². The monoisotopic (exact) mass is 435 g/mol. The number of carbonyl (C=O) groups is 1. The van der Waals surface area contributed by atoms with Crippen LogP contribution in [0, 0.1) is 16.0 Å². The van der Waals surface area contributed by atoms with Gasteiger partial charge in [-0.15, -0.1) is 0 Å². The smallest absolute Gasteiger partial charge is 0.307 e. The fourth-order valence-corrected chi connectivity index (χ4v) is 4.46. The van der Waals surface area contributed by atoms with Gasteiger partial charge in [0.1, 0.15) is 5.75 Å². The highest BCUT2D eigenvalue weighted by Crippen LogP contribution is 2.41. The molecule has 31 heavy (non-hydrogen) atoms. The second-order valence-electron chi connectivity index (χ2n) is 11.0. The number of aliphatic carboxylic acids is 1. The first-order valence-corrected chi connectivity index (χ1v) is 11.3. The topological polar surface area (TPSA) is 101 Å². The van der Waals surface area contributed by atoms with Crippen LogP contribution in [0.4, 0.5) is 0 Å². The molecule has 6 nitrogen and oxygen atoms in total. The van der Waals surface area contributed by atoms with E-state index in [0.29, 0.717) is 25.7 Å². The molecule has 0 aromatic heterocycles. The zero-order chi connectivity index (χ0) is 24.2. The maximum Gasteiger partial charge on any atom is 0.307 e. The number of phenolic OH excluding ortho intramolecular Hbond substituents is 1. The first-order chi connectivity index (χ1) is 14.1. The SMILES string of the molecule is CCCC(CCC)(CC(Cc1cc(C(C)(C)C)c(O)c(C(C)(C)C)c1)C(=O)O)[N+](=O)[O-]. The summed E-state index contributed by atoms with van der Waals surface area (Å²) in [6.45, 7) is 15.8. The van der Waals surface area contributed by atoms with E-state index in [2.05, 4.69) is 0 Å². The highest BCUT2D eigenvalue weighted by Gasteiger charge is 2.44. The predicted octanol–water partition coefficient (Wildman–Crippen LogP) is 6.24. The summed E-state index contributed by atoms with van der Waals surface area (Å²) in [5, 5.41) is 32.9. The average molecular weight is 436 g/mol. The number of phenols is 1. The Hall–Kier alpha value is -2.11. The highest BCUT2D eigenvalue weighted by molar-refractivity contribution is 5.70. The second-order valence-corrected chi connectivity index (χ2v) is 11.0. The lowest BCUT2D eigenvalue weighted by Gasteiger charge is -2.30. The van der Waals surface area contributed by atoms with E-state index in [9.17, 15) is 25.1 Å². The van der Waals surface area contributed by atoms with Crippen LogP contribution in [0.1, 0.15) is 104 Å². The minimum Gasteiger partial charge on any atom is -0.507 e. The molecule has 0 saturated heterocycles. The average Bonchev–Trinajstić information content (AvgIpc) is 2.60. The quantitative estimate of drug-likeness (QED) is 0.335. The molecule has 0 saturated carbocycles. The van der Waals surface area contributed by atoms with E-state index in [-0.39, 0.29) is 34.3 Å². The standard InChI is InChI=1S/C25H41NO5/c1-9-11-25(12-10-2,26(30)31)16-18(22(28)29)13-17-14-19(23(3,4)5)21(27)20(15-17)24(6,7)8/h14-15,18,27H,9-13,16H2,1-8H3,(H,28,29). The van der Waals surface area contributed by atoms with Gasteiger partial charge in [0.05, 0.1) is 5.92 Å². The predicted molar refractivity (Wildman–Crippen MR) is 124 cm³/mol. The zero-order valence-corrected chi connectivity index (χ0v) is 20.5. The molecule has 0 fully saturated rings. The van der Waals surface area contributed by atoms with Gasteiger partial charge in [-0.2, -0.15) is 0 Å². The Kier molecular flexibility index (Phi) is 8.69. The molecule has 1 aromatic carbocycles. The summed E-state index contributed by atoms with van der Waals surface area (Å²) in [6.07, 6.45) is 2.21. The minimum absolute atomic E-state index is 0.00753. The van der Waals surface area contributed by atoms with Crippen molar-refractivity contribution in [3.63, 3.8) is 0 Å². The number of rotatable bonds is 10. The molecule has 0 amide bonds. The molecule has 176 valence electrons.